The Balaban J connectivity index is 0.00000225. The first-order chi connectivity index (χ1) is 7.22. The third kappa shape index (κ3) is 6.00. The van der Waals surface area contributed by atoms with E-state index >= 15 is 0 Å². The van der Waals surface area contributed by atoms with E-state index in [9.17, 15) is 9.90 Å². The van der Waals surface area contributed by atoms with Gasteiger partial charge in [0.15, 0.2) is 0 Å². The monoisotopic (exact) mass is 231 g/mol. The van der Waals surface area contributed by atoms with Gasteiger partial charge in [0.05, 0.1) is 19.1 Å². The SMILES string of the molecule is CCCOc1ccc(NCC(=O)[O-])cc1.[Na+]. The van der Waals surface area contributed by atoms with Crippen molar-refractivity contribution in [3.63, 3.8) is 0 Å². The molecule has 1 aromatic rings. The molecule has 0 atom stereocenters. The maximum Gasteiger partial charge on any atom is 1.00 e. The summed E-state index contributed by atoms with van der Waals surface area (Å²) in [5.41, 5.74) is 0.739. The van der Waals surface area contributed by atoms with Crippen LogP contribution in [0.2, 0.25) is 0 Å². The molecule has 0 saturated heterocycles. The van der Waals surface area contributed by atoms with E-state index in [0.29, 0.717) is 6.61 Å². The number of carbonyl (C=O) groups excluding carboxylic acids is 1. The predicted octanol–water partition coefficient (Wildman–Crippen LogP) is -2.36. The number of ether oxygens (including phenoxy) is 1. The van der Waals surface area contributed by atoms with Crippen molar-refractivity contribution in [1.29, 1.82) is 0 Å². The van der Waals surface area contributed by atoms with Crippen LogP contribution < -0.4 is 44.7 Å². The Labute approximate surface area is 117 Å². The van der Waals surface area contributed by atoms with Crippen LogP contribution in [0.5, 0.6) is 5.75 Å². The van der Waals surface area contributed by atoms with E-state index in [0.717, 1.165) is 17.9 Å². The largest absolute Gasteiger partial charge is 1.00 e. The Kier molecular flexibility index (Phi) is 8.07. The Morgan fingerprint density at radius 3 is 2.50 bits per heavy atom. The summed E-state index contributed by atoms with van der Waals surface area (Å²) < 4.78 is 5.38. The van der Waals surface area contributed by atoms with Gasteiger partial charge in [0.2, 0.25) is 0 Å². The van der Waals surface area contributed by atoms with Crippen molar-refractivity contribution in [2.75, 3.05) is 18.5 Å². The average molecular weight is 231 g/mol. The summed E-state index contributed by atoms with van der Waals surface area (Å²) in [6.45, 7) is 2.54. The quantitative estimate of drug-likeness (QED) is 0.556. The van der Waals surface area contributed by atoms with E-state index in [-0.39, 0.29) is 36.1 Å². The van der Waals surface area contributed by atoms with Crippen molar-refractivity contribution in [2.45, 2.75) is 13.3 Å². The molecule has 0 aliphatic carbocycles. The molecule has 0 fully saturated rings. The number of carboxylic acid groups (broad SMARTS) is 1. The summed E-state index contributed by atoms with van der Waals surface area (Å²) in [7, 11) is 0. The molecule has 0 aromatic heterocycles. The van der Waals surface area contributed by atoms with Crippen molar-refractivity contribution in [3.05, 3.63) is 24.3 Å². The van der Waals surface area contributed by atoms with Crippen LogP contribution >= 0.6 is 0 Å². The Bertz CT molecular complexity index is 314. The first-order valence-corrected chi connectivity index (χ1v) is 4.89. The number of hydrogen-bond acceptors (Lipinski definition) is 4. The Morgan fingerprint density at radius 1 is 1.38 bits per heavy atom. The van der Waals surface area contributed by atoms with Crippen molar-refractivity contribution in [1.82, 2.24) is 0 Å². The van der Waals surface area contributed by atoms with Crippen LogP contribution in [0.15, 0.2) is 24.3 Å². The van der Waals surface area contributed by atoms with Gasteiger partial charge in [-0.1, -0.05) is 6.92 Å². The molecule has 0 radical (unpaired) electrons. The van der Waals surface area contributed by atoms with Gasteiger partial charge in [-0.25, -0.2) is 0 Å². The third-order valence-corrected chi connectivity index (χ3v) is 1.76. The fourth-order valence-corrected chi connectivity index (χ4v) is 1.06. The predicted molar refractivity (Wildman–Crippen MR) is 55.7 cm³/mol. The summed E-state index contributed by atoms with van der Waals surface area (Å²) in [6.07, 6.45) is 0.963. The minimum absolute atomic E-state index is 0. The van der Waals surface area contributed by atoms with Gasteiger partial charge in [0.25, 0.3) is 0 Å². The molecule has 0 aliphatic rings. The summed E-state index contributed by atoms with van der Waals surface area (Å²) in [5, 5.41) is 12.9. The third-order valence-electron chi connectivity index (χ3n) is 1.76. The fraction of sp³-hybridized carbons (Fsp3) is 0.364. The number of carbonyl (C=O) groups is 1. The van der Waals surface area contributed by atoms with E-state index in [1.165, 1.54) is 0 Å². The molecule has 5 heteroatoms. The molecule has 82 valence electrons. The average Bonchev–Trinajstić information content (AvgIpc) is 2.25. The molecular weight excluding hydrogens is 217 g/mol. The molecule has 0 saturated carbocycles. The summed E-state index contributed by atoms with van der Waals surface area (Å²) in [4.78, 5) is 10.2. The Hall–Kier alpha value is -0.710. The van der Waals surface area contributed by atoms with Gasteiger partial charge in [-0.05, 0) is 30.7 Å². The van der Waals surface area contributed by atoms with Gasteiger partial charge in [-0.3, -0.25) is 0 Å². The van der Waals surface area contributed by atoms with Crippen LogP contribution in [-0.2, 0) is 4.79 Å². The van der Waals surface area contributed by atoms with Crippen LogP contribution in [0.1, 0.15) is 13.3 Å². The molecule has 1 rings (SSSR count). The topological polar surface area (TPSA) is 61.4 Å². The van der Waals surface area contributed by atoms with Gasteiger partial charge >= 0.3 is 29.6 Å². The molecule has 0 spiro atoms. The fourth-order valence-electron chi connectivity index (χ4n) is 1.06. The molecule has 0 aliphatic heterocycles. The van der Waals surface area contributed by atoms with E-state index < -0.39 is 5.97 Å². The van der Waals surface area contributed by atoms with Gasteiger partial charge in [0.1, 0.15) is 5.75 Å². The van der Waals surface area contributed by atoms with E-state index in [1.54, 1.807) is 24.3 Å². The van der Waals surface area contributed by atoms with Gasteiger partial charge in [-0.15, -0.1) is 0 Å². The molecule has 0 amide bonds. The van der Waals surface area contributed by atoms with Gasteiger partial charge in [-0.2, -0.15) is 0 Å². The molecule has 4 nitrogen and oxygen atoms in total. The molecular formula is C11H14NNaO3. The van der Waals surface area contributed by atoms with Crippen molar-refractivity contribution < 1.29 is 44.2 Å². The zero-order valence-corrected chi connectivity index (χ0v) is 11.7. The molecule has 1 N–H and O–H groups in total. The van der Waals surface area contributed by atoms with E-state index in [2.05, 4.69) is 5.32 Å². The number of benzene rings is 1. The molecule has 0 unspecified atom stereocenters. The summed E-state index contributed by atoms with van der Waals surface area (Å²) in [5.74, 6) is -0.336. The van der Waals surface area contributed by atoms with Crippen LogP contribution in [-0.4, -0.2) is 19.1 Å². The first-order valence-electron chi connectivity index (χ1n) is 4.89. The second kappa shape index (κ2) is 8.44. The number of nitrogens with one attached hydrogen (secondary N) is 1. The van der Waals surface area contributed by atoms with E-state index in [1.807, 2.05) is 6.92 Å². The number of aliphatic carboxylic acids is 1. The molecule has 16 heavy (non-hydrogen) atoms. The van der Waals surface area contributed by atoms with Crippen LogP contribution in [0.3, 0.4) is 0 Å². The van der Waals surface area contributed by atoms with E-state index in [4.69, 9.17) is 4.74 Å². The van der Waals surface area contributed by atoms with Gasteiger partial charge in [0, 0.05) is 5.69 Å². The number of rotatable bonds is 6. The number of anilines is 1. The number of hydrogen-bond donors (Lipinski definition) is 1. The molecule has 0 heterocycles. The van der Waals surface area contributed by atoms with Crippen molar-refractivity contribution in [3.8, 4) is 5.75 Å². The van der Waals surface area contributed by atoms with Gasteiger partial charge < -0.3 is 20.0 Å². The smallest absolute Gasteiger partial charge is 0.548 e. The minimum atomic E-state index is -1.12. The standard InChI is InChI=1S/C11H15NO3.Na/c1-2-7-15-10-5-3-9(4-6-10)12-8-11(13)14;/h3-6,12H,2,7-8H2,1H3,(H,13,14);/q;+1/p-1. The zero-order valence-electron chi connectivity index (χ0n) is 9.66. The maximum atomic E-state index is 10.2. The molecule has 0 bridgehead atoms. The van der Waals surface area contributed by atoms with Crippen LogP contribution in [0, 0.1) is 0 Å². The molecule has 1 aromatic carbocycles. The second-order valence-electron chi connectivity index (χ2n) is 3.10. The number of carboxylic acids is 1. The first kappa shape index (κ1) is 15.3. The van der Waals surface area contributed by atoms with Crippen LogP contribution in [0.4, 0.5) is 5.69 Å². The Morgan fingerprint density at radius 2 is 2.00 bits per heavy atom. The maximum absolute atomic E-state index is 10.2. The minimum Gasteiger partial charge on any atom is -0.548 e. The summed E-state index contributed by atoms with van der Waals surface area (Å²) >= 11 is 0. The second-order valence-corrected chi connectivity index (χ2v) is 3.10. The van der Waals surface area contributed by atoms with Crippen molar-refractivity contribution in [2.24, 2.45) is 0 Å². The normalized spacial score (nSPS) is 9.06. The zero-order chi connectivity index (χ0) is 11.1. The van der Waals surface area contributed by atoms with Crippen molar-refractivity contribution >= 4 is 11.7 Å². The van der Waals surface area contributed by atoms with Crippen LogP contribution in [0.25, 0.3) is 0 Å². The summed E-state index contributed by atoms with van der Waals surface area (Å²) in [6, 6.07) is 7.14.